The van der Waals surface area contributed by atoms with Crippen LogP contribution in [-0.4, -0.2) is 13.0 Å². The fraction of sp³-hybridized carbons (Fsp3) is 0.375. The van der Waals surface area contributed by atoms with Crippen molar-refractivity contribution < 1.29 is 64.4 Å². The molecule has 0 spiro atoms. The zero-order valence-electron chi connectivity index (χ0n) is 12.8. The summed E-state index contributed by atoms with van der Waals surface area (Å²) in [5.41, 5.74) is 2.17. The van der Waals surface area contributed by atoms with Crippen LogP contribution in [-0.2, 0) is 23.0 Å². The smallest absolute Gasteiger partial charge is 0.744 e. The average molecular weight is 330 g/mol. The second kappa shape index (κ2) is 8.20. The topological polar surface area (TPSA) is 57.2 Å². The second-order valence-electron chi connectivity index (χ2n) is 5.01. The zero-order chi connectivity index (χ0) is 14.8. The molecular formula is C16H19KO3S. The summed E-state index contributed by atoms with van der Waals surface area (Å²) in [6.45, 7) is 4.15. The molecule has 0 amide bonds. The molecule has 0 saturated heterocycles. The minimum Gasteiger partial charge on any atom is -0.744 e. The number of hydrogen-bond donors (Lipinski definition) is 0. The fourth-order valence-electron chi connectivity index (χ4n) is 2.70. The first-order valence-corrected chi connectivity index (χ1v) is 8.39. The molecule has 3 nitrogen and oxygen atoms in total. The molecule has 0 unspecified atom stereocenters. The number of hydrogen-bond acceptors (Lipinski definition) is 3. The van der Waals surface area contributed by atoms with Crippen LogP contribution in [0.3, 0.4) is 0 Å². The van der Waals surface area contributed by atoms with E-state index in [1.54, 1.807) is 18.2 Å². The van der Waals surface area contributed by atoms with Crippen LogP contribution in [0, 0.1) is 0 Å². The van der Waals surface area contributed by atoms with Gasteiger partial charge in [0.2, 0.25) is 0 Å². The van der Waals surface area contributed by atoms with Gasteiger partial charge >= 0.3 is 51.4 Å². The Morgan fingerprint density at radius 1 is 1.00 bits per heavy atom. The molecule has 0 bridgehead atoms. The van der Waals surface area contributed by atoms with Crippen LogP contribution >= 0.6 is 0 Å². The van der Waals surface area contributed by atoms with Gasteiger partial charge in [-0.05, 0) is 40.8 Å². The van der Waals surface area contributed by atoms with Gasteiger partial charge in [-0.1, -0.05) is 51.0 Å². The first-order chi connectivity index (χ1) is 9.49. The molecule has 108 valence electrons. The van der Waals surface area contributed by atoms with E-state index in [4.69, 9.17) is 0 Å². The summed E-state index contributed by atoms with van der Waals surface area (Å²) in [6.07, 6.45) is 3.61. The van der Waals surface area contributed by atoms with Crippen LogP contribution in [0.4, 0.5) is 0 Å². The molecule has 0 aliphatic carbocycles. The predicted octanol–water partition coefficient (Wildman–Crippen LogP) is 0.653. The Kier molecular flexibility index (Phi) is 7.53. The van der Waals surface area contributed by atoms with Gasteiger partial charge in [-0.25, -0.2) is 8.42 Å². The standard InChI is InChI=1S/C16H20O3S.K/c1-3-7-12-11-16(20(17,18)19)15-10-6-5-9-14(15)13(12)8-4-2;/h5-6,9-11H,3-4,7-8H2,1-2H3,(H,17,18,19);/q;+1/p-1. The molecule has 2 rings (SSSR count). The van der Waals surface area contributed by atoms with E-state index >= 15 is 0 Å². The van der Waals surface area contributed by atoms with Crippen LogP contribution in [0.15, 0.2) is 35.2 Å². The number of benzene rings is 2. The van der Waals surface area contributed by atoms with Crippen LogP contribution in [0.25, 0.3) is 10.8 Å². The third-order valence-electron chi connectivity index (χ3n) is 3.50. The van der Waals surface area contributed by atoms with Crippen molar-refractivity contribution >= 4 is 20.9 Å². The van der Waals surface area contributed by atoms with Gasteiger partial charge in [-0.3, -0.25) is 0 Å². The van der Waals surface area contributed by atoms with Gasteiger partial charge in [0.15, 0.2) is 0 Å². The largest absolute Gasteiger partial charge is 1.00 e. The molecular weight excluding hydrogens is 311 g/mol. The zero-order valence-corrected chi connectivity index (χ0v) is 16.8. The third-order valence-corrected chi connectivity index (χ3v) is 4.38. The number of fused-ring (bicyclic) bond motifs is 1. The summed E-state index contributed by atoms with van der Waals surface area (Å²) in [5, 5.41) is 1.44. The van der Waals surface area contributed by atoms with Crippen molar-refractivity contribution in [2.24, 2.45) is 0 Å². The van der Waals surface area contributed by atoms with Gasteiger partial charge in [0.25, 0.3) is 0 Å². The van der Waals surface area contributed by atoms with Crippen molar-refractivity contribution in [2.45, 2.75) is 44.4 Å². The van der Waals surface area contributed by atoms with Crippen molar-refractivity contribution in [3.63, 3.8) is 0 Å². The summed E-state index contributed by atoms with van der Waals surface area (Å²) < 4.78 is 34.6. The quantitative estimate of drug-likeness (QED) is 0.597. The predicted molar refractivity (Wildman–Crippen MR) is 79.9 cm³/mol. The summed E-state index contributed by atoms with van der Waals surface area (Å²) in [5.74, 6) is 0. The minimum atomic E-state index is -4.45. The fourth-order valence-corrected chi connectivity index (χ4v) is 3.44. The van der Waals surface area contributed by atoms with Crippen LogP contribution in [0.2, 0.25) is 0 Å². The van der Waals surface area contributed by atoms with Gasteiger partial charge in [0, 0.05) is 0 Å². The maximum absolute atomic E-state index is 11.5. The van der Waals surface area contributed by atoms with Crippen LogP contribution in [0.1, 0.15) is 37.8 Å². The Balaban J connectivity index is 0.00000220. The maximum atomic E-state index is 11.5. The Labute approximate surface area is 169 Å². The molecule has 21 heavy (non-hydrogen) atoms. The Morgan fingerprint density at radius 2 is 1.57 bits per heavy atom. The molecule has 0 aliphatic heterocycles. The summed E-state index contributed by atoms with van der Waals surface area (Å²) in [4.78, 5) is -0.0867. The third kappa shape index (κ3) is 4.38. The van der Waals surface area contributed by atoms with E-state index in [1.807, 2.05) is 12.1 Å². The molecule has 0 atom stereocenters. The van der Waals surface area contributed by atoms with Gasteiger partial charge in [0.1, 0.15) is 10.1 Å². The van der Waals surface area contributed by atoms with Crippen LogP contribution in [0.5, 0.6) is 0 Å². The summed E-state index contributed by atoms with van der Waals surface area (Å²) in [7, 11) is -4.45. The number of rotatable bonds is 5. The van der Waals surface area contributed by atoms with Crippen molar-refractivity contribution in [3.05, 3.63) is 41.5 Å². The molecule has 0 N–H and O–H groups in total. The normalized spacial score (nSPS) is 11.4. The average Bonchev–Trinajstić information content (AvgIpc) is 2.40. The van der Waals surface area contributed by atoms with Crippen molar-refractivity contribution in [2.75, 3.05) is 0 Å². The molecule has 2 aromatic rings. The van der Waals surface area contributed by atoms with Gasteiger partial charge in [0.05, 0.1) is 4.90 Å². The van der Waals surface area contributed by atoms with Crippen LogP contribution < -0.4 is 51.4 Å². The van der Waals surface area contributed by atoms with E-state index in [0.717, 1.165) is 36.6 Å². The van der Waals surface area contributed by atoms with Gasteiger partial charge < -0.3 is 4.55 Å². The molecule has 0 saturated carbocycles. The Bertz CT molecular complexity index is 724. The summed E-state index contributed by atoms with van der Waals surface area (Å²) in [6, 6.07) is 8.87. The Morgan fingerprint density at radius 3 is 2.10 bits per heavy atom. The summed E-state index contributed by atoms with van der Waals surface area (Å²) >= 11 is 0. The molecule has 0 fully saturated rings. The molecule has 5 heteroatoms. The van der Waals surface area contributed by atoms with E-state index in [2.05, 4.69) is 13.8 Å². The minimum absolute atomic E-state index is 0. The molecule has 0 heterocycles. The first-order valence-electron chi connectivity index (χ1n) is 6.98. The van der Waals surface area contributed by atoms with Crippen molar-refractivity contribution in [1.82, 2.24) is 0 Å². The molecule has 2 aromatic carbocycles. The van der Waals surface area contributed by atoms with Crippen molar-refractivity contribution in [3.8, 4) is 0 Å². The van der Waals surface area contributed by atoms with Gasteiger partial charge in [-0.2, -0.15) is 0 Å². The first kappa shape index (κ1) is 19.3. The molecule has 0 radical (unpaired) electrons. The van der Waals surface area contributed by atoms with E-state index < -0.39 is 10.1 Å². The maximum Gasteiger partial charge on any atom is 1.00 e. The van der Waals surface area contributed by atoms with E-state index in [1.165, 1.54) is 5.56 Å². The monoisotopic (exact) mass is 330 g/mol. The molecule has 0 aromatic heterocycles. The van der Waals surface area contributed by atoms with Crippen molar-refractivity contribution in [1.29, 1.82) is 0 Å². The van der Waals surface area contributed by atoms with E-state index in [9.17, 15) is 13.0 Å². The van der Waals surface area contributed by atoms with E-state index in [0.29, 0.717) is 5.39 Å². The van der Waals surface area contributed by atoms with E-state index in [-0.39, 0.29) is 56.3 Å². The molecule has 0 aliphatic rings. The van der Waals surface area contributed by atoms with Gasteiger partial charge in [-0.15, -0.1) is 0 Å². The second-order valence-corrected chi connectivity index (χ2v) is 6.36. The number of aryl methyl sites for hydroxylation is 2. The Hall–Kier alpha value is 0.246. The SMILES string of the molecule is CCCc1cc(S(=O)(=O)[O-])c2ccccc2c1CCC.[K+].